The Morgan fingerprint density at radius 1 is 1.33 bits per heavy atom. The van der Waals surface area contributed by atoms with Crippen molar-refractivity contribution in [3.8, 4) is 0 Å². The normalized spacial score (nSPS) is 13.9. The number of hydrogen-bond acceptors (Lipinski definition) is 3. The molecule has 1 aliphatic rings. The molecule has 0 aromatic carbocycles. The van der Waals surface area contributed by atoms with E-state index >= 15 is 0 Å². The van der Waals surface area contributed by atoms with E-state index in [4.69, 9.17) is 5.11 Å². The van der Waals surface area contributed by atoms with Crippen LogP contribution in [0.1, 0.15) is 44.9 Å². The molecule has 1 aromatic heterocycles. The van der Waals surface area contributed by atoms with Crippen LogP contribution in [-0.4, -0.2) is 52.4 Å². The molecule has 1 aliphatic carbocycles. The van der Waals surface area contributed by atoms with Crippen LogP contribution in [0.5, 0.6) is 0 Å². The second-order valence-electron chi connectivity index (χ2n) is 5.43. The van der Waals surface area contributed by atoms with Crippen LogP contribution in [0.4, 0.5) is 0 Å². The zero-order valence-electron chi connectivity index (χ0n) is 12.3. The molecule has 1 aromatic rings. The summed E-state index contributed by atoms with van der Waals surface area (Å²) in [4.78, 5) is 39.2. The number of amides is 2. The number of hydrogen-bond donors (Lipinski definition) is 3. The predicted octanol–water partition coefficient (Wildman–Crippen LogP) is 0.680. The van der Waals surface area contributed by atoms with E-state index in [2.05, 4.69) is 10.3 Å². The lowest BCUT2D eigenvalue weighted by atomic mass is 10.1. The van der Waals surface area contributed by atoms with Crippen LogP contribution in [0.3, 0.4) is 0 Å². The fraction of sp³-hybridized carbons (Fsp3) is 0.500. The Hall–Kier alpha value is -2.31. The molecule has 7 nitrogen and oxygen atoms in total. The van der Waals surface area contributed by atoms with Gasteiger partial charge in [-0.1, -0.05) is 0 Å². The zero-order valence-corrected chi connectivity index (χ0v) is 12.3. The first-order valence-electron chi connectivity index (χ1n) is 6.78. The van der Waals surface area contributed by atoms with Crippen molar-refractivity contribution in [2.45, 2.75) is 32.7 Å². The van der Waals surface area contributed by atoms with Gasteiger partial charge in [0.15, 0.2) is 0 Å². The first-order valence-corrected chi connectivity index (χ1v) is 6.78. The van der Waals surface area contributed by atoms with E-state index in [1.165, 1.54) is 11.9 Å². The predicted molar refractivity (Wildman–Crippen MR) is 75.4 cm³/mol. The summed E-state index contributed by atoms with van der Waals surface area (Å²) in [5.74, 6) is -1.67. The lowest BCUT2D eigenvalue weighted by molar-refractivity contribution is -0.121. The summed E-state index contributed by atoms with van der Waals surface area (Å²) in [5, 5.41) is 11.9. The lowest BCUT2D eigenvalue weighted by Gasteiger charge is -2.17. The standard InChI is InChI=1S/C14H19N3O4/c1-7-11(8(2)15-12(7)14(20)21)13(19)17(3)6-10(18)16-9-4-5-9/h9,15H,4-6H2,1-3H3,(H,16,18)(H,20,21). The smallest absolute Gasteiger partial charge is 0.352 e. The molecule has 21 heavy (non-hydrogen) atoms. The molecule has 0 saturated heterocycles. The average Bonchev–Trinajstić information content (AvgIpc) is 3.13. The van der Waals surface area contributed by atoms with Crippen LogP contribution in [0.15, 0.2) is 0 Å². The fourth-order valence-corrected chi connectivity index (χ4v) is 2.26. The number of aromatic nitrogens is 1. The van der Waals surface area contributed by atoms with Gasteiger partial charge in [-0.2, -0.15) is 0 Å². The number of carbonyl (C=O) groups excluding carboxylic acids is 2. The Morgan fingerprint density at radius 3 is 2.43 bits per heavy atom. The highest BCUT2D eigenvalue weighted by Gasteiger charge is 2.27. The summed E-state index contributed by atoms with van der Waals surface area (Å²) < 4.78 is 0. The van der Waals surface area contributed by atoms with Gasteiger partial charge < -0.3 is 20.3 Å². The molecular formula is C14H19N3O4. The average molecular weight is 293 g/mol. The highest BCUT2D eigenvalue weighted by molar-refractivity contribution is 6.01. The number of aromatic carboxylic acids is 1. The molecule has 0 unspecified atom stereocenters. The fourth-order valence-electron chi connectivity index (χ4n) is 2.26. The van der Waals surface area contributed by atoms with Crippen molar-refractivity contribution in [3.05, 3.63) is 22.5 Å². The zero-order chi connectivity index (χ0) is 15.7. The lowest BCUT2D eigenvalue weighted by Crippen LogP contribution is -2.39. The number of H-pyrrole nitrogens is 1. The summed E-state index contributed by atoms with van der Waals surface area (Å²) in [7, 11) is 1.53. The maximum atomic E-state index is 12.4. The number of likely N-dealkylation sites (N-methyl/N-ethyl adjacent to an activating group) is 1. The highest BCUT2D eigenvalue weighted by Crippen LogP contribution is 2.20. The van der Waals surface area contributed by atoms with Crippen molar-refractivity contribution in [3.63, 3.8) is 0 Å². The van der Waals surface area contributed by atoms with Gasteiger partial charge in [-0.15, -0.1) is 0 Å². The Labute approximate surface area is 122 Å². The van der Waals surface area contributed by atoms with Crippen LogP contribution in [0.2, 0.25) is 0 Å². The molecule has 3 N–H and O–H groups in total. The molecule has 1 saturated carbocycles. The number of nitrogens with zero attached hydrogens (tertiary/aromatic N) is 1. The number of rotatable bonds is 5. The van der Waals surface area contributed by atoms with Gasteiger partial charge in [0, 0.05) is 18.8 Å². The van der Waals surface area contributed by atoms with Crippen LogP contribution in [0.25, 0.3) is 0 Å². The van der Waals surface area contributed by atoms with Crippen molar-refractivity contribution in [1.82, 2.24) is 15.2 Å². The van der Waals surface area contributed by atoms with Gasteiger partial charge in [0.05, 0.1) is 12.1 Å². The maximum Gasteiger partial charge on any atom is 0.352 e. The number of carboxylic acid groups (broad SMARTS) is 1. The molecule has 0 radical (unpaired) electrons. The van der Waals surface area contributed by atoms with E-state index in [0.717, 1.165) is 12.8 Å². The second kappa shape index (κ2) is 5.59. The Morgan fingerprint density at radius 2 is 1.95 bits per heavy atom. The third-order valence-electron chi connectivity index (χ3n) is 3.54. The molecule has 1 heterocycles. The minimum atomic E-state index is -1.11. The molecule has 0 spiro atoms. The molecule has 1 fully saturated rings. The van der Waals surface area contributed by atoms with Gasteiger partial charge in [0.1, 0.15) is 5.69 Å². The van der Waals surface area contributed by atoms with Gasteiger partial charge >= 0.3 is 5.97 Å². The first-order chi connectivity index (χ1) is 9.81. The van der Waals surface area contributed by atoms with Crippen molar-refractivity contribution < 1.29 is 19.5 Å². The van der Waals surface area contributed by atoms with E-state index in [1.54, 1.807) is 13.8 Å². The summed E-state index contributed by atoms with van der Waals surface area (Å²) in [6.07, 6.45) is 1.97. The molecular weight excluding hydrogens is 274 g/mol. The van der Waals surface area contributed by atoms with Crippen LogP contribution < -0.4 is 5.32 Å². The molecule has 0 aliphatic heterocycles. The Balaban J connectivity index is 2.11. The molecule has 2 amide bonds. The van der Waals surface area contributed by atoms with Crippen LogP contribution in [-0.2, 0) is 4.79 Å². The molecule has 0 atom stereocenters. The number of aryl methyl sites for hydroxylation is 1. The molecule has 114 valence electrons. The van der Waals surface area contributed by atoms with Crippen molar-refractivity contribution in [2.24, 2.45) is 0 Å². The molecule has 0 bridgehead atoms. The highest BCUT2D eigenvalue weighted by atomic mass is 16.4. The van der Waals surface area contributed by atoms with Crippen molar-refractivity contribution >= 4 is 17.8 Å². The number of aromatic amines is 1. The van der Waals surface area contributed by atoms with E-state index < -0.39 is 5.97 Å². The van der Waals surface area contributed by atoms with Crippen LogP contribution in [0, 0.1) is 13.8 Å². The number of carboxylic acids is 1. The Bertz CT molecular complexity index is 602. The van der Waals surface area contributed by atoms with E-state index in [9.17, 15) is 14.4 Å². The number of nitrogens with one attached hydrogen (secondary N) is 2. The maximum absolute atomic E-state index is 12.4. The van der Waals surface area contributed by atoms with E-state index in [0.29, 0.717) is 16.8 Å². The minimum Gasteiger partial charge on any atom is -0.477 e. The summed E-state index contributed by atoms with van der Waals surface area (Å²) in [5.41, 5.74) is 1.20. The van der Waals surface area contributed by atoms with E-state index in [1.807, 2.05) is 0 Å². The van der Waals surface area contributed by atoms with Gasteiger partial charge in [0.25, 0.3) is 5.91 Å². The van der Waals surface area contributed by atoms with Crippen molar-refractivity contribution in [1.29, 1.82) is 0 Å². The minimum absolute atomic E-state index is 0.00619. The molecule has 7 heteroatoms. The van der Waals surface area contributed by atoms with Gasteiger partial charge in [-0.3, -0.25) is 9.59 Å². The molecule has 2 rings (SSSR count). The van der Waals surface area contributed by atoms with E-state index in [-0.39, 0.29) is 30.1 Å². The van der Waals surface area contributed by atoms with Gasteiger partial charge in [-0.25, -0.2) is 4.79 Å². The first kappa shape index (κ1) is 15.1. The van der Waals surface area contributed by atoms with Gasteiger partial charge in [-0.05, 0) is 32.3 Å². The number of carbonyl (C=O) groups is 3. The van der Waals surface area contributed by atoms with Crippen molar-refractivity contribution in [2.75, 3.05) is 13.6 Å². The van der Waals surface area contributed by atoms with Gasteiger partial charge in [0.2, 0.25) is 5.91 Å². The quantitative estimate of drug-likeness (QED) is 0.742. The summed E-state index contributed by atoms with van der Waals surface area (Å²) in [6.45, 7) is 3.19. The Kier molecular flexibility index (Phi) is 4.02. The second-order valence-corrected chi connectivity index (χ2v) is 5.43. The van der Waals surface area contributed by atoms with Crippen LogP contribution >= 0.6 is 0 Å². The third kappa shape index (κ3) is 3.24. The monoisotopic (exact) mass is 293 g/mol. The largest absolute Gasteiger partial charge is 0.477 e. The topological polar surface area (TPSA) is 102 Å². The summed E-state index contributed by atoms with van der Waals surface area (Å²) in [6, 6.07) is 0.246. The third-order valence-corrected chi connectivity index (χ3v) is 3.54. The SMILES string of the molecule is Cc1[nH]c(C(=O)O)c(C)c1C(=O)N(C)CC(=O)NC1CC1. The summed E-state index contributed by atoms with van der Waals surface area (Å²) >= 11 is 0.